The number of nitrogens with zero attached hydrogens (tertiary/aromatic N) is 5. The van der Waals surface area contributed by atoms with E-state index >= 15 is 0 Å². The fraction of sp³-hybridized carbons (Fsp3) is 0.405. The van der Waals surface area contributed by atoms with E-state index in [9.17, 15) is 18.0 Å². The summed E-state index contributed by atoms with van der Waals surface area (Å²) in [5.41, 5.74) is 0.895. The molecule has 52 heavy (non-hydrogen) atoms. The Hall–Kier alpha value is -4.20. The average Bonchev–Trinajstić information content (AvgIpc) is 3.69. The van der Waals surface area contributed by atoms with E-state index in [1.54, 1.807) is 34.5 Å². The Bertz CT molecular complexity index is 1870. The van der Waals surface area contributed by atoms with Crippen molar-refractivity contribution in [1.82, 2.24) is 24.8 Å². The standard InChI is InChI=1S/C37H43F3N6O4SSi/c1-36(2,3)52(27-15-9-7-10-16-27,28-17-11-8-12-18-28)49-22-30-29(48-25-51-6)20-31(50-30)46-21-26(14-13-19-41-35(47)37(38,39)40)32-33(44-24-45(4)5)42-23-43-34(32)46/h7-12,15-18,21,23-24,29-31H,19-20,22,25H2,1-6H3,(H,41,47)/b44-24+/t29?,30-,31-/m1/s1. The summed E-state index contributed by atoms with van der Waals surface area (Å²) in [6.07, 6.45) is 0.801. The summed E-state index contributed by atoms with van der Waals surface area (Å²) in [6, 6.07) is 20.8. The maximum absolute atomic E-state index is 12.7. The molecule has 1 amide bonds. The maximum atomic E-state index is 12.7. The first-order chi connectivity index (χ1) is 24.8. The number of thioether (sulfide) groups is 1. The predicted molar refractivity (Wildman–Crippen MR) is 201 cm³/mol. The van der Waals surface area contributed by atoms with Gasteiger partial charge < -0.3 is 28.7 Å². The molecule has 0 bridgehead atoms. The molecule has 0 aliphatic carbocycles. The minimum absolute atomic E-state index is 0.243. The molecule has 1 fully saturated rings. The Morgan fingerprint density at radius 1 is 1.12 bits per heavy atom. The number of nitrogens with one attached hydrogen (secondary N) is 1. The van der Waals surface area contributed by atoms with Crippen LogP contribution in [0, 0.1) is 11.8 Å². The van der Waals surface area contributed by atoms with Crippen LogP contribution in [-0.2, 0) is 18.7 Å². The van der Waals surface area contributed by atoms with Crippen molar-refractivity contribution in [3.8, 4) is 11.8 Å². The van der Waals surface area contributed by atoms with Crippen molar-refractivity contribution in [2.45, 2.75) is 56.8 Å². The van der Waals surface area contributed by atoms with Gasteiger partial charge in [-0.3, -0.25) is 4.79 Å². The number of benzene rings is 2. The van der Waals surface area contributed by atoms with E-state index in [0.717, 1.165) is 10.4 Å². The van der Waals surface area contributed by atoms with Gasteiger partial charge in [-0.1, -0.05) is 93.3 Å². The Morgan fingerprint density at radius 2 is 1.77 bits per heavy atom. The third kappa shape index (κ3) is 8.70. The van der Waals surface area contributed by atoms with Gasteiger partial charge in [0, 0.05) is 26.7 Å². The summed E-state index contributed by atoms with van der Waals surface area (Å²) in [4.78, 5) is 26.5. The van der Waals surface area contributed by atoms with E-state index in [2.05, 4.69) is 71.8 Å². The summed E-state index contributed by atoms with van der Waals surface area (Å²) in [5.74, 6) is 4.22. The number of hydrogen-bond acceptors (Lipinski definition) is 8. The van der Waals surface area contributed by atoms with Crippen LogP contribution in [0.15, 0.2) is 78.2 Å². The molecular weight excluding hydrogens is 710 g/mol. The van der Waals surface area contributed by atoms with Gasteiger partial charge in [-0.05, 0) is 21.7 Å². The second-order valence-corrected chi connectivity index (χ2v) is 18.6. The third-order valence-corrected chi connectivity index (χ3v) is 14.0. The maximum Gasteiger partial charge on any atom is 0.471 e. The molecule has 15 heteroatoms. The molecule has 2 aromatic carbocycles. The van der Waals surface area contributed by atoms with Gasteiger partial charge in [0.2, 0.25) is 0 Å². The minimum atomic E-state index is -5.01. The smallest absolute Gasteiger partial charge is 0.405 e. The number of carbonyl (C=O) groups is 1. The second kappa shape index (κ2) is 16.6. The third-order valence-electron chi connectivity index (χ3n) is 8.59. The van der Waals surface area contributed by atoms with E-state index in [0.29, 0.717) is 34.8 Å². The van der Waals surface area contributed by atoms with Gasteiger partial charge in [-0.2, -0.15) is 13.2 Å². The molecule has 3 atom stereocenters. The van der Waals surface area contributed by atoms with Crippen molar-refractivity contribution in [2.24, 2.45) is 4.99 Å². The first kappa shape index (κ1) is 39.0. The number of aromatic nitrogens is 3. The average molecular weight is 753 g/mol. The normalized spacial score (nSPS) is 18.1. The molecule has 1 aliphatic heterocycles. The highest BCUT2D eigenvalue weighted by molar-refractivity contribution is 7.98. The lowest BCUT2D eigenvalue weighted by Gasteiger charge is -2.43. The zero-order chi connectivity index (χ0) is 37.5. The summed E-state index contributed by atoms with van der Waals surface area (Å²) in [5, 5.41) is 4.34. The molecule has 0 radical (unpaired) electrons. The Morgan fingerprint density at radius 3 is 2.35 bits per heavy atom. The minimum Gasteiger partial charge on any atom is -0.405 e. The van der Waals surface area contributed by atoms with E-state index in [1.165, 1.54) is 6.33 Å². The van der Waals surface area contributed by atoms with Gasteiger partial charge in [-0.25, -0.2) is 15.0 Å². The van der Waals surface area contributed by atoms with Crippen molar-refractivity contribution in [3.63, 3.8) is 0 Å². The van der Waals surface area contributed by atoms with Crippen LogP contribution in [0.4, 0.5) is 19.0 Å². The lowest BCUT2D eigenvalue weighted by Crippen LogP contribution is -2.67. The van der Waals surface area contributed by atoms with Crippen LogP contribution in [0.1, 0.15) is 39.0 Å². The number of halogens is 3. The number of hydrogen-bond donors (Lipinski definition) is 1. The number of fused-ring (bicyclic) bond motifs is 1. The van der Waals surface area contributed by atoms with Crippen LogP contribution in [0.3, 0.4) is 0 Å². The van der Waals surface area contributed by atoms with Crippen LogP contribution in [-0.4, -0.2) is 97.8 Å². The van der Waals surface area contributed by atoms with Crippen molar-refractivity contribution >= 4 is 59.5 Å². The summed E-state index contributed by atoms with van der Waals surface area (Å²) in [7, 11) is 0.736. The number of carbonyl (C=O) groups excluding carboxylic acids is 1. The zero-order valence-corrected chi connectivity index (χ0v) is 31.8. The Kier molecular flexibility index (Phi) is 12.5. The molecule has 0 saturated carbocycles. The fourth-order valence-corrected chi connectivity index (χ4v) is 11.2. The quantitative estimate of drug-likeness (QED) is 0.0689. The van der Waals surface area contributed by atoms with E-state index in [-0.39, 0.29) is 17.7 Å². The fourth-order valence-electron chi connectivity index (χ4n) is 6.34. The van der Waals surface area contributed by atoms with Crippen molar-refractivity contribution < 1.29 is 31.9 Å². The molecule has 1 saturated heterocycles. The van der Waals surface area contributed by atoms with E-state index in [4.69, 9.17) is 13.9 Å². The Labute approximate surface area is 307 Å². The van der Waals surface area contributed by atoms with Crippen LogP contribution < -0.4 is 15.7 Å². The first-order valence-corrected chi connectivity index (χ1v) is 20.0. The second-order valence-electron chi connectivity index (χ2n) is 13.5. The monoisotopic (exact) mass is 752 g/mol. The van der Waals surface area contributed by atoms with Crippen LogP contribution in [0.25, 0.3) is 11.0 Å². The molecule has 10 nitrogen and oxygen atoms in total. The molecule has 5 rings (SSSR count). The molecular formula is C37H43F3N6O4SSi. The zero-order valence-electron chi connectivity index (χ0n) is 30.0. The lowest BCUT2D eigenvalue weighted by atomic mass is 10.2. The van der Waals surface area contributed by atoms with Gasteiger partial charge in [0.1, 0.15) is 24.3 Å². The summed E-state index contributed by atoms with van der Waals surface area (Å²) < 4.78 is 60.5. The number of ether oxygens (including phenoxy) is 2. The molecule has 1 aliphatic rings. The number of amides is 1. The topological polar surface area (TPSA) is 103 Å². The van der Waals surface area contributed by atoms with Crippen molar-refractivity contribution in [3.05, 3.63) is 78.8 Å². The number of alkyl halides is 3. The van der Waals surface area contributed by atoms with Crippen LogP contribution >= 0.6 is 11.8 Å². The number of aliphatic imine (C=N–C) groups is 1. The van der Waals surface area contributed by atoms with Gasteiger partial charge in [0.15, 0.2) is 5.82 Å². The molecule has 2 aromatic heterocycles. The van der Waals surface area contributed by atoms with Gasteiger partial charge >= 0.3 is 12.1 Å². The van der Waals surface area contributed by atoms with Gasteiger partial charge in [0.25, 0.3) is 8.32 Å². The lowest BCUT2D eigenvalue weighted by molar-refractivity contribution is -0.173. The predicted octanol–water partition coefficient (Wildman–Crippen LogP) is 5.25. The van der Waals surface area contributed by atoms with E-state index < -0.39 is 39.3 Å². The largest absolute Gasteiger partial charge is 0.471 e. The van der Waals surface area contributed by atoms with Crippen LogP contribution in [0.5, 0.6) is 0 Å². The van der Waals surface area contributed by atoms with Gasteiger partial charge in [0.05, 0.1) is 42.5 Å². The van der Waals surface area contributed by atoms with Gasteiger partial charge in [-0.15, -0.1) is 11.8 Å². The molecule has 0 spiro atoms. The van der Waals surface area contributed by atoms with Crippen molar-refractivity contribution in [2.75, 3.05) is 39.4 Å². The number of rotatable bonds is 12. The highest BCUT2D eigenvalue weighted by Gasteiger charge is 2.51. The summed E-state index contributed by atoms with van der Waals surface area (Å²) >= 11 is 1.56. The van der Waals surface area contributed by atoms with E-state index in [1.807, 2.05) is 61.3 Å². The van der Waals surface area contributed by atoms with Crippen molar-refractivity contribution in [1.29, 1.82) is 0 Å². The van der Waals surface area contributed by atoms with Crippen LogP contribution in [0.2, 0.25) is 5.04 Å². The highest BCUT2D eigenvalue weighted by atomic mass is 32.2. The molecule has 3 heterocycles. The molecule has 4 aromatic rings. The molecule has 1 N–H and O–H groups in total. The molecule has 276 valence electrons. The summed E-state index contributed by atoms with van der Waals surface area (Å²) in [6.45, 7) is 6.41. The molecule has 1 unspecified atom stereocenters. The Balaban J connectivity index is 1.51. The SMILES string of the molecule is CSCOC1C[C@H](n2cc(C#CCNC(=O)C(F)(F)F)c3c(/N=C/N(C)C)ncnc32)O[C@@H]1CO[Si](c1ccccc1)(c1ccccc1)C(C)(C)C. The first-order valence-electron chi connectivity index (χ1n) is 16.7. The highest BCUT2D eigenvalue weighted by Crippen LogP contribution is 2.40.